The van der Waals surface area contributed by atoms with Crippen molar-refractivity contribution < 1.29 is 19.1 Å². The Morgan fingerprint density at radius 1 is 1.02 bits per heavy atom. The highest BCUT2D eigenvalue weighted by Crippen LogP contribution is 2.31. The molecule has 5 heterocycles. The van der Waals surface area contributed by atoms with Crippen LogP contribution >= 0.6 is 22.9 Å². The van der Waals surface area contributed by atoms with Crippen LogP contribution in [0.3, 0.4) is 0 Å². The molecule has 238 valence electrons. The van der Waals surface area contributed by atoms with Crippen LogP contribution < -0.4 is 11.1 Å². The molecule has 3 fully saturated rings. The number of rotatable bonds is 7. The zero-order chi connectivity index (χ0) is 30.8. The summed E-state index contributed by atoms with van der Waals surface area (Å²) in [4.78, 5) is 48.2. The second-order valence-corrected chi connectivity index (χ2v) is 13.6. The molecule has 12 heteroatoms. The molecule has 4 amide bonds. The van der Waals surface area contributed by atoms with Crippen molar-refractivity contribution in [2.75, 3.05) is 50.3 Å². The molecule has 3 N–H and O–H groups in total. The van der Waals surface area contributed by atoms with Crippen molar-refractivity contribution in [3.63, 3.8) is 0 Å². The van der Waals surface area contributed by atoms with Crippen LogP contribution in [0.2, 0.25) is 5.02 Å². The molecule has 10 nitrogen and oxygen atoms in total. The number of hydrogen-bond acceptors (Lipinski definition) is 7. The molecule has 6 rings (SSSR count). The smallest absolute Gasteiger partial charge is 0.410 e. The van der Waals surface area contributed by atoms with Crippen LogP contribution in [0.4, 0.5) is 21.0 Å². The number of carbonyl (C=O) groups is 3. The van der Waals surface area contributed by atoms with Gasteiger partial charge in [-0.25, -0.2) is 9.59 Å². The summed E-state index contributed by atoms with van der Waals surface area (Å²) in [6, 6.07) is 4.19. The maximum atomic E-state index is 13.9. The van der Waals surface area contributed by atoms with E-state index in [4.69, 9.17) is 22.1 Å². The first-order chi connectivity index (χ1) is 21.3. The molecule has 1 aromatic carbocycles. The van der Waals surface area contributed by atoms with E-state index < -0.39 is 12.2 Å². The van der Waals surface area contributed by atoms with Crippen molar-refractivity contribution in [2.45, 2.75) is 83.0 Å². The van der Waals surface area contributed by atoms with Gasteiger partial charge in [-0.15, -0.1) is 11.3 Å². The van der Waals surface area contributed by atoms with Gasteiger partial charge in [0.05, 0.1) is 22.9 Å². The lowest BCUT2D eigenvalue weighted by Gasteiger charge is -2.40. The largest absolute Gasteiger partial charge is 0.436 e. The Morgan fingerprint density at radius 2 is 1.70 bits per heavy atom. The third-order valence-corrected chi connectivity index (χ3v) is 10.9. The lowest BCUT2D eigenvalue weighted by Crippen LogP contribution is -2.53. The normalized spacial score (nSPS) is 20.9. The topological polar surface area (TPSA) is 111 Å². The number of anilines is 2. The molecular formula is C32H43ClN6O4S. The van der Waals surface area contributed by atoms with E-state index in [-0.39, 0.29) is 24.4 Å². The van der Waals surface area contributed by atoms with Crippen molar-refractivity contribution in [1.29, 1.82) is 0 Å². The van der Waals surface area contributed by atoms with E-state index in [1.54, 1.807) is 22.3 Å². The lowest BCUT2D eigenvalue weighted by atomic mass is 9.99. The highest BCUT2D eigenvalue weighted by molar-refractivity contribution is 7.08. The number of nitrogens with two attached hydrogens (primary N) is 1. The Hall–Kier alpha value is -3.02. The van der Waals surface area contributed by atoms with E-state index in [0.29, 0.717) is 68.7 Å². The molecule has 0 bridgehead atoms. The van der Waals surface area contributed by atoms with Gasteiger partial charge in [-0.05, 0) is 80.6 Å². The summed E-state index contributed by atoms with van der Waals surface area (Å²) in [5, 5.41) is 7.45. The SMILES string of the molecule is CCc1cc(C[C@@H](OC(=O)N2CCC(N3Cc4cscc4NC3=O)CC2)C(=O)N2CCC(N3CCCC3)CC2)cc(Cl)c1N. The van der Waals surface area contributed by atoms with Crippen LogP contribution in [-0.2, 0) is 28.9 Å². The Morgan fingerprint density at radius 3 is 2.41 bits per heavy atom. The van der Waals surface area contributed by atoms with Gasteiger partial charge in [0, 0.05) is 55.6 Å². The summed E-state index contributed by atoms with van der Waals surface area (Å²) in [5.41, 5.74) is 10.5. The maximum Gasteiger partial charge on any atom is 0.410 e. The number of nitrogen functional groups attached to an aromatic ring is 1. The van der Waals surface area contributed by atoms with Gasteiger partial charge in [-0.2, -0.15) is 0 Å². The molecule has 0 radical (unpaired) electrons. The number of fused-ring (bicyclic) bond motifs is 1. The van der Waals surface area contributed by atoms with Gasteiger partial charge in [0.2, 0.25) is 0 Å². The first-order valence-electron chi connectivity index (χ1n) is 16.0. The van der Waals surface area contributed by atoms with Gasteiger partial charge in [0.15, 0.2) is 6.10 Å². The third-order valence-electron chi connectivity index (χ3n) is 9.78. The van der Waals surface area contributed by atoms with Gasteiger partial charge >= 0.3 is 12.1 Å². The van der Waals surface area contributed by atoms with E-state index in [2.05, 4.69) is 15.6 Å². The van der Waals surface area contributed by atoms with Crippen LogP contribution in [0.1, 0.15) is 62.1 Å². The van der Waals surface area contributed by atoms with E-state index in [0.717, 1.165) is 48.3 Å². The zero-order valence-electron chi connectivity index (χ0n) is 25.4. The van der Waals surface area contributed by atoms with Gasteiger partial charge in [0.1, 0.15) is 0 Å². The standard InChI is InChI=1S/C32H43ClN6O4S/c1-2-22-15-21(16-26(33)29(22)34)17-28(30(40)37-11-5-24(6-12-37)36-9-3-4-10-36)43-32(42)38-13-7-25(8-14-38)39-18-23-19-44-20-27(23)35-31(39)41/h15-16,19-20,24-25,28H,2-14,17-18,34H2,1H3,(H,35,41)/t28-/m1/s1. The number of thiophene rings is 1. The number of likely N-dealkylation sites (tertiary alicyclic amines) is 3. The van der Waals surface area contributed by atoms with Crippen LogP contribution in [0.5, 0.6) is 0 Å². The van der Waals surface area contributed by atoms with Crippen LogP contribution in [0.25, 0.3) is 0 Å². The Bertz CT molecular complexity index is 1360. The number of hydrogen-bond donors (Lipinski definition) is 2. The van der Waals surface area contributed by atoms with Crippen molar-refractivity contribution >= 4 is 52.3 Å². The molecule has 2 aromatic rings. The Labute approximate surface area is 268 Å². The minimum Gasteiger partial charge on any atom is -0.436 e. The van der Waals surface area contributed by atoms with Gasteiger partial charge in [0.25, 0.3) is 5.91 Å². The molecule has 0 aliphatic carbocycles. The summed E-state index contributed by atoms with van der Waals surface area (Å²) in [6.45, 7) is 7.11. The Kier molecular flexibility index (Phi) is 9.53. The molecule has 0 saturated carbocycles. The predicted octanol–water partition coefficient (Wildman–Crippen LogP) is 5.19. The lowest BCUT2D eigenvalue weighted by molar-refractivity contribution is -0.142. The molecule has 3 saturated heterocycles. The van der Waals surface area contributed by atoms with Gasteiger partial charge in [-0.1, -0.05) is 24.6 Å². The predicted molar refractivity (Wildman–Crippen MR) is 173 cm³/mol. The Balaban J connectivity index is 1.11. The minimum atomic E-state index is -0.960. The average molecular weight is 643 g/mol. The summed E-state index contributed by atoms with van der Waals surface area (Å²) >= 11 is 8.03. The van der Waals surface area contributed by atoms with Crippen LogP contribution in [0.15, 0.2) is 22.9 Å². The zero-order valence-corrected chi connectivity index (χ0v) is 27.0. The molecule has 4 aliphatic heterocycles. The number of aryl methyl sites for hydroxylation is 1. The summed E-state index contributed by atoms with van der Waals surface area (Å²) < 4.78 is 6.04. The number of benzene rings is 1. The number of nitrogens with one attached hydrogen (secondary N) is 1. The first-order valence-corrected chi connectivity index (χ1v) is 17.3. The minimum absolute atomic E-state index is 0.0332. The van der Waals surface area contributed by atoms with Crippen LogP contribution in [-0.4, -0.2) is 95.1 Å². The van der Waals surface area contributed by atoms with Crippen molar-refractivity contribution in [3.05, 3.63) is 44.6 Å². The molecule has 44 heavy (non-hydrogen) atoms. The number of ether oxygens (including phenoxy) is 1. The average Bonchev–Trinajstić information content (AvgIpc) is 3.74. The number of nitrogens with zero attached hydrogens (tertiary/aromatic N) is 4. The molecular weight excluding hydrogens is 600 g/mol. The fourth-order valence-electron chi connectivity index (χ4n) is 7.15. The fraction of sp³-hybridized carbons (Fsp3) is 0.594. The summed E-state index contributed by atoms with van der Waals surface area (Å²) in [7, 11) is 0. The molecule has 1 atom stereocenters. The molecule has 0 spiro atoms. The van der Waals surface area contributed by atoms with E-state index in [1.807, 2.05) is 28.2 Å². The van der Waals surface area contributed by atoms with Crippen molar-refractivity contribution in [3.8, 4) is 0 Å². The van der Waals surface area contributed by atoms with E-state index >= 15 is 0 Å². The third kappa shape index (κ3) is 6.65. The number of halogens is 1. The monoisotopic (exact) mass is 642 g/mol. The van der Waals surface area contributed by atoms with Crippen molar-refractivity contribution in [1.82, 2.24) is 19.6 Å². The maximum absolute atomic E-state index is 13.9. The first kappa shape index (κ1) is 31.0. The van der Waals surface area contributed by atoms with Crippen molar-refractivity contribution in [2.24, 2.45) is 0 Å². The van der Waals surface area contributed by atoms with Gasteiger partial charge < -0.3 is 35.4 Å². The molecule has 1 aromatic heterocycles. The number of piperidine rings is 2. The highest BCUT2D eigenvalue weighted by atomic mass is 35.5. The number of urea groups is 1. The number of carbonyl (C=O) groups excluding carboxylic acids is 3. The summed E-state index contributed by atoms with van der Waals surface area (Å²) in [6.07, 6.45) is 5.16. The second kappa shape index (κ2) is 13.5. The van der Waals surface area contributed by atoms with E-state index in [1.165, 1.54) is 12.8 Å². The fourth-order valence-corrected chi connectivity index (χ4v) is 8.19. The summed E-state index contributed by atoms with van der Waals surface area (Å²) in [5.74, 6) is -0.157. The van der Waals surface area contributed by atoms with Gasteiger partial charge in [-0.3, -0.25) is 4.79 Å². The second-order valence-electron chi connectivity index (χ2n) is 12.5. The quantitative estimate of drug-likeness (QED) is 0.402. The molecule has 0 unspecified atom stereocenters. The van der Waals surface area contributed by atoms with E-state index in [9.17, 15) is 14.4 Å². The highest BCUT2D eigenvalue weighted by Gasteiger charge is 2.37. The van der Waals surface area contributed by atoms with Crippen LogP contribution in [0, 0.1) is 0 Å². The molecule has 4 aliphatic rings. The number of amides is 4.